The van der Waals surface area contributed by atoms with Gasteiger partial charge in [-0.1, -0.05) is 11.6 Å². The van der Waals surface area contributed by atoms with Crippen LogP contribution in [0.1, 0.15) is 5.56 Å². The highest BCUT2D eigenvalue weighted by Crippen LogP contribution is 2.30. The molecule has 0 fully saturated rings. The van der Waals surface area contributed by atoms with E-state index in [-0.39, 0.29) is 16.3 Å². The molecule has 0 heterocycles. The van der Waals surface area contributed by atoms with E-state index in [9.17, 15) is 18.5 Å². The second-order valence-corrected chi connectivity index (χ2v) is 4.73. The maximum absolute atomic E-state index is 11.1. The molecule has 0 atom stereocenters. The molecule has 0 amide bonds. The first kappa shape index (κ1) is 11.9. The zero-order valence-corrected chi connectivity index (χ0v) is 9.17. The number of nitrogens with two attached hydrogens (primary N) is 1. The first-order chi connectivity index (χ1) is 6.75. The molecule has 8 heteroatoms. The van der Waals surface area contributed by atoms with Crippen molar-refractivity contribution in [2.45, 2.75) is 11.8 Å². The highest BCUT2D eigenvalue weighted by Gasteiger charge is 2.23. The summed E-state index contributed by atoms with van der Waals surface area (Å²) in [5, 5.41) is 15.3. The molecule has 0 aliphatic rings. The van der Waals surface area contributed by atoms with Gasteiger partial charge in [0, 0.05) is 11.6 Å². The normalized spacial score (nSPS) is 11.4. The smallest absolute Gasteiger partial charge is 0.258 e. The topological polar surface area (TPSA) is 103 Å². The van der Waals surface area contributed by atoms with Crippen molar-refractivity contribution in [2.75, 3.05) is 0 Å². The summed E-state index contributed by atoms with van der Waals surface area (Å²) in [6, 6.07) is 2.26. The van der Waals surface area contributed by atoms with E-state index in [2.05, 4.69) is 0 Å². The molecule has 0 unspecified atom stereocenters. The molecule has 0 aromatic heterocycles. The van der Waals surface area contributed by atoms with E-state index in [1.807, 2.05) is 0 Å². The van der Waals surface area contributed by atoms with Crippen molar-refractivity contribution in [1.29, 1.82) is 0 Å². The summed E-state index contributed by atoms with van der Waals surface area (Å²) in [7, 11) is -4.06. The van der Waals surface area contributed by atoms with Gasteiger partial charge in [0.1, 0.15) is 4.90 Å². The van der Waals surface area contributed by atoms with Crippen molar-refractivity contribution in [1.82, 2.24) is 0 Å². The zero-order valence-electron chi connectivity index (χ0n) is 7.60. The predicted octanol–water partition coefficient (Wildman–Crippen LogP) is 1.20. The Labute approximate surface area is 90.9 Å². The minimum absolute atomic E-state index is 0.0602. The lowest BCUT2D eigenvalue weighted by Crippen LogP contribution is -2.15. The predicted molar refractivity (Wildman–Crippen MR) is 54.2 cm³/mol. The molecule has 1 aromatic carbocycles. The van der Waals surface area contributed by atoms with Crippen molar-refractivity contribution in [2.24, 2.45) is 5.14 Å². The summed E-state index contributed by atoms with van der Waals surface area (Å²) in [5.41, 5.74) is -0.390. The van der Waals surface area contributed by atoms with Crippen molar-refractivity contribution in [3.8, 4) is 0 Å². The van der Waals surface area contributed by atoms with Gasteiger partial charge in [-0.15, -0.1) is 0 Å². The Bertz CT molecular complexity index is 526. The number of benzene rings is 1. The third-order valence-electron chi connectivity index (χ3n) is 1.81. The van der Waals surface area contributed by atoms with E-state index in [0.717, 1.165) is 12.1 Å². The van der Waals surface area contributed by atoms with Crippen LogP contribution in [0.15, 0.2) is 17.0 Å². The third-order valence-corrected chi connectivity index (χ3v) is 3.33. The molecule has 0 saturated heterocycles. The summed E-state index contributed by atoms with van der Waals surface area (Å²) in [5.74, 6) is 0. The number of primary sulfonamides is 1. The molecular weight excluding hydrogens is 244 g/mol. The van der Waals surface area contributed by atoms with Gasteiger partial charge in [-0.3, -0.25) is 10.1 Å². The van der Waals surface area contributed by atoms with Crippen LogP contribution in [-0.2, 0) is 10.0 Å². The molecule has 1 rings (SSSR count). The van der Waals surface area contributed by atoms with Crippen LogP contribution in [0.25, 0.3) is 0 Å². The summed E-state index contributed by atoms with van der Waals surface area (Å²) in [4.78, 5) is 9.44. The molecule has 6 nitrogen and oxygen atoms in total. The fourth-order valence-electron chi connectivity index (χ4n) is 1.20. The Balaban J connectivity index is 3.66. The minimum Gasteiger partial charge on any atom is -0.258 e. The fourth-order valence-corrected chi connectivity index (χ4v) is 2.59. The van der Waals surface area contributed by atoms with E-state index in [1.165, 1.54) is 6.92 Å². The van der Waals surface area contributed by atoms with Gasteiger partial charge in [0.2, 0.25) is 10.0 Å². The van der Waals surface area contributed by atoms with Gasteiger partial charge in [0.15, 0.2) is 0 Å². The largest absolute Gasteiger partial charge is 0.273 e. The van der Waals surface area contributed by atoms with Gasteiger partial charge in [-0.05, 0) is 13.0 Å². The lowest BCUT2D eigenvalue weighted by Gasteiger charge is -2.05. The van der Waals surface area contributed by atoms with Crippen molar-refractivity contribution < 1.29 is 13.3 Å². The van der Waals surface area contributed by atoms with E-state index >= 15 is 0 Å². The average molecular weight is 251 g/mol. The van der Waals surface area contributed by atoms with E-state index in [4.69, 9.17) is 16.7 Å². The molecule has 0 aliphatic heterocycles. The molecule has 82 valence electrons. The number of nitro groups is 1. The quantitative estimate of drug-likeness (QED) is 0.629. The van der Waals surface area contributed by atoms with Crippen LogP contribution < -0.4 is 5.14 Å². The Hall–Kier alpha value is -1.18. The van der Waals surface area contributed by atoms with Crippen LogP contribution in [0.2, 0.25) is 5.02 Å². The lowest BCUT2D eigenvalue weighted by molar-refractivity contribution is -0.385. The summed E-state index contributed by atoms with van der Waals surface area (Å²) in [6.45, 7) is 1.28. The van der Waals surface area contributed by atoms with Gasteiger partial charge >= 0.3 is 0 Å². The third kappa shape index (κ3) is 2.25. The summed E-state index contributed by atoms with van der Waals surface area (Å²) >= 11 is 5.61. The lowest BCUT2D eigenvalue weighted by atomic mass is 10.2. The Morgan fingerprint density at radius 2 is 2.00 bits per heavy atom. The van der Waals surface area contributed by atoms with E-state index in [0.29, 0.717) is 0 Å². The Kier molecular flexibility index (Phi) is 2.98. The monoisotopic (exact) mass is 250 g/mol. The molecule has 0 aliphatic carbocycles. The zero-order chi connectivity index (χ0) is 11.8. The van der Waals surface area contributed by atoms with Gasteiger partial charge in [-0.25, -0.2) is 13.6 Å². The number of hydrogen-bond donors (Lipinski definition) is 1. The maximum Gasteiger partial charge on any atom is 0.273 e. The van der Waals surface area contributed by atoms with Crippen LogP contribution >= 0.6 is 11.6 Å². The van der Waals surface area contributed by atoms with Crippen molar-refractivity contribution in [3.63, 3.8) is 0 Å². The number of nitro benzene ring substituents is 1. The second kappa shape index (κ2) is 3.76. The fraction of sp³-hybridized carbons (Fsp3) is 0.143. The standard InChI is InChI=1S/C7H7ClN2O4S/c1-4-6(10(11)12)3-2-5(8)7(4)15(9,13)14/h2-3H,1H3,(H2,9,13,14). The molecule has 0 radical (unpaired) electrons. The van der Waals surface area contributed by atoms with Crippen LogP contribution in [-0.4, -0.2) is 13.3 Å². The first-order valence-corrected chi connectivity index (χ1v) is 5.64. The highest BCUT2D eigenvalue weighted by molar-refractivity contribution is 7.89. The van der Waals surface area contributed by atoms with E-state index in [1.54, 1.807) is 0 Å². The Morgan fingerprint density at radius 1 is 1.47 bits per heavy atom. The molecule has 0 bridgehead atoms. The summed E-state index contributed by atoms with van der Waals surface area (Å²) < 4.78 is 22.2. The van der Waals surface area contributed by atoms with Crippen LogP contribution in [0.4, 0.5) is 5.69 Å². The van der Waals surface area contributed by atoms with E-state index < -0.39 is 19.8 Å². The number of nitrogens with zero attached hydrogens (tertiary/aromatic N) is 1. The molecule has 0 spiro atoms. The minimum atomic E-state index is -4.06. The van der Waals surface area contributed by atoms with Crippen molar-refractivity contribution >= 4 is 27.3 Å². The average Bonchev–Trinajstić information content (AvgIpc) is 2.00. The van der Waals surface area contributed by atoms with Crippen LogP contribution in [0, 0.1) is 17.0 Å². The SMILES string of the molecule is Cc1c([N+](=O)[O-])ccc(Cl)c1S(N)(=O)=O. The van der Waals surface area contributed by atoms with Gasteiger partial charge in [-0.2, -0.15) is 0 Å². The van der Waals surface area contributed by atoms with Gasteiger partial charge in [0.25, 0.3) is 5.69 Å². The van der Waals surface area contributed by atoms with Crippen LogP contribution in [0.5, 0.6) is 0 Å². The highest BCUT2D eigenvalue weighted by atomic mass is 35.5. The molecule has 2 N–H and O–H groups in total. The van der Waals surface area contributed by atoms with Gasteiger partial charge < -0.3 is 0 Å². The van der Waals surface area contributed by atoms with Gasteiger partial charge in [0.05, 0.1) is 9.95 Å². The molecule has 15 heavy (non-hydrogen) atoms. The number of sulfonamides is 1. The first-order valence-electron chi connectivity index (χ1n) is 3.71. The number of halogens is 1. The number of rotatable bonds is 2. The molecular formula is C7H7ClN2O4S. The van der Waals surface area contributed by atoms with Crippen LogP contribution in [0.3, 0.4) is 0 Å². The second-order valence-electron chi connectivity index (χ2n) is 2.82. The molecule has 1 aromatic rings. The van der Waals surface area contributed by atoms with Crippen molar-refractivity contribution in [3.05, 3.63) is 32.8 Å². The maximum atomic E-state index is 11.1. The number of hydrogen-bond acceptors (Lipinski definition) is 4. The Morgan fingerprint density at radius 3 is 2.40 bits per heavy atom. The summed E-state index contributed by atoms with van der Waals surface area (Å²) in [6.07, 6.45) is 0. The molecule has 0 saturated carbocycles.